The third-order valence-electron chi connectivity index (χ3n) is 3.93. The van der Waals surface area contributed by atoms with E-state index in [1.807, 2.05) is 0 Å². The molecule has 0 spiro atoms. The molecule has 0 N–H and O–H groups in total. The van der Waals surface area contributed by atoms with Crippen LogP contribution in [0.2, 0.25) is 24.2 Å². The highest BCUT2D eigenvalue weighted by Gasteiger charge is 2.28. The zero-order valence-electron chi connectivity index (χ0n) is 11.6. The van der Waals surface area contributed by atoms with Crippen LogP contribution in [0.1, 0.15) is 66.2 Å². The number of hydrogen-bond acceptors (Lipinski definition) is 0. The van der Waals surface area contributed by atoms with Crippen molar-refractivity contribution in [1.82, 2.24) is 0 Å². The van der Waals surface area contributed by atoms with Crippen LogP contribution in [0.4, 0.5) is 0 Å². The first-order valence-corrected chi connectivity index (χ1v) is 10.1. The molecule has 0 aromatic carbocycles. The van der Waals surface area contributed by atoms with Crippen molar-refractivity contribution >= 4 is 8.07 Å². The van der Waals surface area contributed by atoms with Gasteiger partial charge < -0.3 is 0 Å². The van der Waals surface area contributed by atoms with E-state index >= 15 is 0 Å². The highest BCUT2D eigenvalue weighted by atomic mass is 28.3. The molecule has 92 valence electrons. The van der Waals surface area contributed by atoms with Gasteiger partial charge in [-0.1, -0.05) is 90.4 Å². The molecule has 0 nitrogen and oxygen atoms in total. The van der Waals surface area contributed by atoms with Gasteiger partial charge in [0.05, 0.1) is 8.07 Å². The smallest absolute Gasteiger partial charge is 0.0533 e. The Morgan fingerprint density at radius 2 is 0.933 bits per heavy atom. The van der Waals surface area contributed by atoms with Crippen LogP contribution in [-0.2, 0) is 0 Å². The van der Waals surface area contributed by atoms with Crippen LogP contribution in [0, 0.1) is 0 Å². The van der Waals surface area contributed by atoms with Crippen LogP contribution in [0.3, 0.4) is 0 Å². The molecule has 0 aromatic rings. The molecule has 0 rings (SSSR count). The quantitative estimate of drug-likeness (QED) is 0.411. The minimum Gasteiger partial charge on any atom is -0.0678 e. The fraction of sp³-hybridized carbons (Fsp3) is 1.00. The molecule has 0 amide bonds. The van der Waals surface area contributed by atoms with Gasteiger partial charge in [-0.05, 0) is 0 Å². The van der Waals surface area contributed by atoms with Gasteiger partial charge in [0, 0.05) is 0 Å². The van der Waals surface area contributed by atoms with Gasteiger partial charge in [-0.2, -0.15) is 0 Å². The Labute approximate surface area is 98.9 Å². The standard InChI is InChI=1S/C14H32Si/c1-5-9-12-15(8-4,13-10-6-2)14-11-7-3/h5-14H2,1-4H3. The zero-order chi connectivity index (χ0) is 11.6. The van der Waals surface area contributed by atoms with Crippen LogP contribution >= 0.6 is 0 Å². The van der Waals surface area contributed by atoms with Crippen LogP contribution < -0.4 is 0 Å². The van der Waals surface area contributed by atoms with Crippen LogP contribution in [0.15, 0.2) is 0 Å². The average molecular weight is 228 g/mol. The highest BCUT2D eigenvalue weighted by molar-refractivity contribution is 6.79. The average Bonchev–Trinajstić information content (AvgIpc) is 2.29. The van der Waals surface area contributed by atoms with E-state index in [9.17, 15) is 0 Å². The molecule has 0 bridgehead atoms. The Kier molecular flexibility index (Phi) is 9.58. The van der Waals surface area contributed by atoms with Gasteiger partial charge in [0.1, 0.15) is 0 Å². The minimum absolute atomic E-state index is 0.832. The molecule has 0 saturated carbocycles. The molecule has 0 saturated heterocycles. The molecular weight excluding hydrogens is 196 g/mol. The fourth-order valence-electron chi connectivity index (χ4n) is 2.56. The molecule has 15 heavy (non-hydrogen) atoms. The molecule has 0 aliphatic carbocycles. The summed E-state index contributed by atoms with van der Waals surface area (Å²) in [6.45, 7) is 9.49. The molecule has 0 unspecified atom stereocenters. The second kappa shape index (κ2) is 9.44. The van der Waals surface area contributed by atoms with Gasteiger partial charge >= 0.3 is 0 Å². The van der Waals surface area contributed by atoms with Crippen molar-refractivity contribution in [2.24, 2.45) is 0 Å². The third kappa shape index (κ3) is 6.39. The first kappa shape index (κ1) is 15.2. The van der Waals surface area contributed by atoms with Crippen molar-refractivity contribution in [3.05, 3.63) is 0 Å². The normalized spacial score (nSPS) is 12.0. The summed E-state index contributed by atoms with van der Waals surface area (Å²) in [7, 11) is -0.832. The molecule has 0 fully saturated rings. The first-order valence-electron chi connectivity index (χ1n) is 7.24. The summed E-state index contributed by atoms with van der Waals surface area (Å²) < 4.78 is 0. The van der Waals surface area contributed by atoms with E-state index in [1.54, 1.807) is 18.1 Å². The molecular formula is C14H32Si. The lowest BCUT2D eigenvalue weighted by atomic mass is 10.4. The summed E-state index contributed by atoms with van der Waals surface area (Å²) in [4.78, 5) is 0. The lowest BCUT2D eigenvalue weighted by molar-refractivity contribution is 0.786. The summed E-state index contributed by atoms with van der Waals surface area (Å²) in [5, 5.41) is 0. The lowest BCUT2D eigenvalue weighted by Crippen LogP contribution is -2.32. The Morgan fingerprint density at radius 1 is 0.600 bits per heavy atom. The number of unbranched alkanes of at least 4 members (excludes halogenated alkanes) is 3. The van der Waals surface area contributed by atoms with Crippen LogP contribution in [-0.4, -0.2) is 8.07 Å². The monoisotopic (exact) mass is 228 g/mol. The Bertz CT molecular complexity index is 110. The molecule has 0 aliphatic heterocycles. The van der Waals surface area contributed by atoms with Gasteiger partial charge in [0.25, 0.3) is 0 Å². The van der Waals surface area contributed by atoms with Crippen molar-refractivity contribution in [2.75, 3.05) is 0 Å². The summed E-state index contributed by atoms with van der Waals surface area (Å²) in [6, 6.07) is 6.37. The van der Waals surface area contributed by atoms with Crippen molar-refractivity contribution in [3.8, 4) is 0 Å². The number of hydrogen-bond donors (Lipinski definition) is 0. The topological polar surface area (TPSA) is 0 Å². The van der Waals surface area contributed by atoms with E-state index in [0.717, 1.165) is 0 Å². The molecule has 0 radical (unpaired) electrons. The van der Waals surface area contributed by atoms with E-state index in [4.69, 9.17) is 0 Å². The van der Waals surface area contributed by atoms with E-state index in [-0.39, 0.29) is 0 Å². The van der Waals surface area contributed by atoms with Crippen molar-refractivity contribution in [1.29, 1.82) is 0 Å². The molecule has 0 heterocycles. The lowest BCUT2D eigenvalue weighted by Gasteiger charge is -2.31. The van der Waals surface area contributed by atoms with E-state index in [2.05, 4.69) is 27.7 Å². The van der Waals surface area contributed by atoms with Crippen molar-refractivity contribution in [3.63, 3.8) is 0 Å². The molecule has 0 aliphatic rings. The Balaban J connectivity index is 4.16. The maximum atomic E-state index is 2.47. The largest absolute Gasteiger partial charge is 0.0678 e. The third-order valence-corrected chi connectivity index (χ3v) is 9.67. The fourth-order valence-corrected chi connectivity index (χ4v) is 7.68. The predicted octanol–water partition coefficient (Wildman–Crippen LogP) is 5.86. The van der Waals surface area contributed by atoms with E-state index in [0.29, 0.717) is 0 Å². The van der Waals surface area contributed by atoms with Gasteiger partial charge in [0.2, 0.25) is 0 Å². The maximum Gasteiger partial charge on any atom is 0.0533 e. The summed E-state index contributed by atoms with van der Waals surface area (Å²) in [5.41, 5.74) is 0. The first-order chi connectivity index (χ1) is 7.24. The molecule has 1 heteroatoms. The van der Waals surface area contributed by atoms with Crippen LogP contribution in [0.5, 0.6) is 0 Å². The zero-order valence-corrected chi connectivity index (χ0v) is 12.6. The Hall–Kier alpha value is 0.217. The summed E-state index contributed by atoms with van der Waals surface area (Å²) in [6.07, 6.45) is 8.67. The number of rotatable bonds is 10. The second-order valence-electron chi connectivity index (χ2n) is 5.16. The van der Waals surface area contributed by atoms with Gasteiger partial charge in [0.15, 0.2) is 0 Å². The Morgan fingerprint density at radius 3 is 1.13 bits per heavy atom. The van der Waals surface area contributed by atoms with Gasteiger partial charge in [-0.25, -0.2) is 0 Å². The highest BCUT2D eigenvalue weighted by Crippen LogP contribution is 2.31. The van der Waals surface area contributed by atoms with E-state index < -0.39 is 8.07 Å². The van der Waals surface area contributed by atoms with Gasteiger partial charge in [-0.3, -0.25) is 0 Å². The maximum absolute atomic E-state index is 2.47. The predicted molar refractivity (Wildman–Crippen MR) is 75.4 cm³/mol. The minimum atomic E-state index is -0.832. The van der Waals surface area contributed by atoms with Crippen molar-refractivity contribution in [2.45, 2.75) is 90.4 Å². The molecule has 0 aromatic heterocycles. The molecule has 0 atom stereocenters. The van der Waals surface area contributed by atoms with E-state index in [1.165, 1.54) is 44.6 Å². The summed E-state index contributed by atoms with van der Waals surface area (Å²) >= 11 is 0. The van der Waals surface area contributed by atoms with Crippen LogP contribution in [0.25, 0.3) is 0 Å². The summed E-state index contributed by atoms with van der Waals surface area (Å²) in [5.74, 6) is 0. The van der Waals surface area contributed by atoms with Gasteiger partial charge in [-0.15, -0.1) is 0 Å². The second-order valence-corrected chi connectivity index (χ2v) is 10.4. The SMILES string of the molecule is CCCC[Si](CC)(CCCC)CCCC. The van der Waals surface area contributed by atoms with Crippen molar-refractivity contribution < 1.29 is 0 Å².